The Bertz CT molecular complexity index is 820. The van der Waals surface area contributed by atoms with Crippen molar-refractivity contribution in [2.75, 3.05) is 38.6 Å². The fourth-order valence-corrected chi connectivity index (χ4v) is 3.13. The van der Waals surface area contributed by atoms with E-state index in [1.807, 2.05) is 24.4 Å². The van der Waals surface area contributed by atoms with E-state index >= 15 is 0 Å². The van der Waals surface area contributed by atoms with Crippen molar-refractivity contribution in [1.82, 2.24) is 9.88 Å². The summed E-state index contributed by atoms with van der Waals surface area (Å²) in [7, 11) is 1.70. The van der Waals surface area contributed by atoms with E-state index in [1.54, 1.807) is 7.11 Å². The van der Waals surface area contributed by atoms with E-state index in [4.69, 9.17) is 4.74 Å². The van der Waals surface area contributed by atoms with Gasteiger partial charge in [-0.1, -0.05) is 43.3 Å². The van der Waals surface area contributed by atoms with Crippen molar-refractivity contribution < 1.29 is 4.74 Å². The highest BCUT2D eigenvalue weighted by atomic mass is 16.5. The highest BCUT2D eigenvalue weighted by Crippen LogP contribution is 2.27. The number of nitrogens with one attached hydrogen (secondary N) is 1. The van der Waals surface area contributed by atoms with E-state index in [0.717, 1.165) is 54.9 Å². The summed E-state index contributed by atoms with van der Waals surface area (Å²) >= 11 is 0. The largest absolute Gasteiger partial charge is 0.497 e. The number of hydrogen-bond acceptors (Lipinski definition) is 4. The van der Waals surface area contributed by atoms with Crippen LogP contribution >= 0.6 is 0 Å². The van der Waals surface area contributed by atoms with Crippen LogP contribution in [-0.4, -0.2) is 43.2 Å². The number of fused-ring (bicyclic) bond motifs is 1. The minimum absolute atomic E-state index is 0.851. The van der Waals surface area contributed by atoms with Gasteiger partial charge in [-0.05, 0) is 30.7 Å². The minimum atomic E-state index is 0.851. The van der Waals surface area contributed by atoms with Crippen LogP contribution in [0.4, 0.5) is 5.69 Å². The highest BCUT2D eigenvalue weighted by Gasteiger charge is 2.07. The predicted octanol–water partition coefficient (Wildman–Crippen LogP) is 4.22. The summed E-state index contributed by atoms with van der Waals surface area (Å²) < 4.78 is 5.42. The Morgan fingerprint density at radius 1 is 1.04 bits per heavy atom. The molecule has 0 atom stereocenters. The van der Waals surface area contributed by atoms with Crippen LogP contribution in [0.2, 0.25) is 0 Å². The van der Waals surface area contributed by atoms with Crippen LogP contribution < -0.4 is 10.1 Å². The number of rotatable bonds is 9. The molecule has 0 bridgehead atoms. The summed E-state index contributed by atoms with van der Waals surface area (Å²) in [4.78, 5) is 6.99. The molecule has 3 aromatic rings. The summed E-state index contributed by atoms with van der Waals surface area (Å²) in [5.41, 5.74) is 3.40. The van der Waals surface area contributed by atoms with Crippen LogP contribution in [0.15, 0.2) is 60.8 Å². The van der Waals surface area contributed by atoms with Gasteiger partial charge in [-0.25, -0.2) is 0 Å². The maximum atomic E-state index is 5.42. The Kier molecular flexibility index (Phi) is 6.45. The van der Waals surface area contributed by atoms with Crippen LogP contribution in [0.5, 0.6) is 5.75 Å². The molecular formula is C22H27N3O. The average molecular weight is 349 g/mol. The second-order valence-corrected chi connectivity index (χ2v) is 6.35. The first-order chi connectivity index (χ1) is 12.8. The molecule has 0 fully saturated rings. The lowest BCUT2D eigenvalue weighted by Gasteiger charge is -2.21. The lowest BCUT2D eigenvalue weighted by molar-refractivity contribution is 0.303. The molecule has 1 heterocycles. The van der Waals surface area contributed by atoms with Crippen molar-refractivity contribution in [2.45, 2.75) is 13.3 Å². The Morgan fingerprint density at radius 3 is 2.65 bits per heavy atom. The summed E-state index contributed by atoms with van der Waals surface area (Å²) in [6.45, 7) is 6.20. The van der Waals surface area contributed by atoms with Gasteiger partial charge >= 0.3 is 0 Å². The number of pyridine rings is 1. The van der Waals surface area contributed by atoms with Gasteiger partial charge < -0.3 is 15.0 Å². The second-order valence-electron chi connectivity index (χ2n) is 6.35. The normalized spacial score (nSPS) is 11.0. The smallest absolute Gasteiger partial charge is 0.121 e. The molecule has 0 spiro atoms. The van der Waals surface area contributed by atoms with E-state index < -0.39 is 0 Å². The first-order valence-corrected chi connectivity index (χ1v) is 9.23. The first-order valence-electron chi connectivity index (χ1n) is 9.23. The number of methoxy groups -OCH3 is 1. The van der Waals surface area contributed by atoms with Crippen LogP contribution in [0.25, 0.3) is 10.9 Å². The van der Waals surface area contributed by atoms with Crippen LogP contribution in [0.3, 0.4) is 0 Å². The molecule has 1 aromatic heterocycles. The van der Waals surface area contributed by atoms with Gasteiger partial charge in [0.05, 0.1) is 18.3 Å². The van der Waals surface area contributed by atoms with Gasteiger partial charge in [-0.15, -0.1) is 0 Å². The maximum absolute atomic E-state index is 5.42. The zero-order valence-corrected chi connectivity index (χ0v) is 15.6. The number of aromatic nitrogens is 1. The molecule has 0 saturated carbocycles. The Labute approximate surface area is 155 Å². The fraction of sp³-hybridized carbons (Fsp3) is 0.318. The molecule has 136 valence electrons. The molecule has 1 N–H and O–H groups in total. The third-order valence-electron chi connectivity index (χ3n) is 4.66. The van der Waals surface area contributed by atoms with Gasteiger partial charge in [0, 0.05) is 37.3 Å². The summed E-state index contributed by atoms with van der Waals surface area (Å²) in [5, 5.41) is 4.63. The lowest BCUT2D eigenvalue weighted by atomic mass is 10.1. The molecule has 0 amide bonds. The van der Waals surface area contributed by atoms with Gasteiger partial charge in [0.1, 0.15) is 5.75 Å². The third kappa shape index (κ3) is 4.73. The minimum Gasteiger partial charge on any atom is -0.497 e. The average Bonchev–Trinajstić information content (AvgIpc) is 2.71. The van der Waals surface area contributed by atoms with E-state index in [9.17, 15) is 0 Å². The molecule has 0 aliphatic carbocycles. The summed E-state index contributed by atoms with van der Waals surface area (Å²) in [5.74, 6) is 0.851. The van der Waals surface area contributed by atoms with Crippen molar-refractivity contribution in [2.24, 2.45) is 0 Å². The number of nitrogens with zero attached hydrogens (tertiary/aromatic N) is 2. The van der Waals surface area contributed by atoms with E-state index in [1.165, 1.54) is 5.56 Å². The molecule has 0 aliphatic heterocycles. The number of ether oxygens (including phenoxy) is 1. The topological polar surface area (TPSA) is 37.4 Å². The van der Waals surface area contributed by atoms with E-state index in [2.05, 4.69) is 58.5 Å². The van der Waals surface area contributed by atoms with Crippen molar-refractivity contribution in [1.29, 1.82) is 0 Å². The predicted molar refractivity (Wildman–Crippen MR) is 109 cm³/mol. The number of anilines is 1. The molecule has 0 saturated heterocycles. The molecule has 0 aliphatic rings. The van der Waals surface area contributed by atoms with Crippen molar-refractivity contribution >= 4 is 16.6 Å². The molecule has 4 heteroatoms. The number of likely N-dealkylation sites (N-methyl/N-ethyl adjacent to an activating group) is 1. The zero-order chi connectivity index (χ0) is 18.2. The summed E-state index contributed by atoms with van der Waals surface area (Å²) in [6, 6.07) is 18.7. The Morgan fingerprint density at radius 2 is 1.88 bits per heavy atom. The van der Waals surface area contributed by atoms with E-state index in [-0.39, 0.29) is 0 Å². The molecule has 26 heavy (non-hydrogen) atoms. The molecule has 0 unspecified atom stereocenters. The molecule has 0 radical (unpaired) electrons. The van der Waals surface area contributed by atoms with Gasteiger partial charge in [0.2, 0.25) is 0 Å². The molecule has 3 rings (SSSR count). The Hall–Kier alpha value is -2.59. The highest BCUT2D eigenvalue weighted by molar-refractivity contribution is 5.91. The van der Waals surface area contributed by atoms with Crippen LogP contribution in [0, 0.1) is 0 Å². The zero-order valence-electron chi connectivity index (χ0n) is 15.6. The SMILES string of the molecule is CCN(CCNc1cc(OC)cc2cccnc12)CCc1ccccc1. The maximum Gasteiger partial charge on any atom is 0.121 e. The van der Waals surface area contributed by atoms with Crippen LogP contribution in [0.1, 0.15) is 12.5 Å². The fourth-order valence-electron chi connectivity index (χ4n) is 3.13. The Balaban J connectivity index is 1.58. The lowest BCUT2D eigenvalue weighted by Crippen LogP contribution is -2.31. The van der Waals surface area contributed by atoms with Crippen molar-refractivity contribution in [3.63, 3.8) is 0 Å². The van der Waals surface area contributed by atoms with Crippen molar-refractivity contribution in [3.05, 3.63) is 66.4 Å². The number of hydrogen-bond donors (Lipinski definition) is 1. The van der Waals surface area contributed by atoms with E-state index in [0.29, 0.717) is 0 Å². The molecule has 4 nitrogen and oxygen atoms in total. The second kappa shape index (κ2) is 9.20. The molecular weight excluding hydrogens is 322 g/mol. The standard InChI is InChI=1S/C22H27N3O/c1-3-25(14-11-18-8-5-4-6-9-18)15-13-23-21-17-20(26-2)16-19-10-7-12-24-22(19)21/h4-10,12,16-17,23H,3,11,13-15H2,1-2H3. The summed E-state index contributed by atoms with van der Waals surface area (Å²) in [6.07, 6.45) is 2.91. The number of benzene rings is 2. The van der Waals surface area contributed by atoms with Crippen LogP contribution in [-0.2, 0) is 6.42 Å². The third-order valence-corrected chi connectivity index (χ3v) is 4.66. The molecule has 2 aromatic carbocycles. The van der Waals surface area contributed by atoms with Gasteiger partial charge in [0.25, 0.3) is 0 Å². The van der Waals surface area contributed by atoms with Gasteiger partial charge in [-0.2, -0.15) is 0 Å². The van der Waals surface area contributed by atoms with Gasteiger partial charge in [-0.3, -0.25) is 4.98 Å². The van der Waals surface area contributed by atoms with Gasteiger partial charge in [0.15, 0.2) is 0 Å². The quantitative estimate of drug-likeness (QED) is 0.628. The monoisotopic (exact) mass is 349 g/mol. The van der Waals surface area contributed by atoms with Crippen molar-refractivity contribution in [3.8, 4) is 5.75 Å². The first kappa shape index (κ1) is 18.2.